The van der Waals surface area contributed by atoms with Gasteiger partial charge in [-0.1, -0.05) is 12.1 Å². The molecular formula is C31H23F2N3O4S2. The third kappa shape index (κ3) is 4.80. The second-order valence-corrected chi connectivity index (χ2v) is 12.7. The molecule has 6 rings (SSSR count). The molecule has 11 heteroatoms. The smallest absolute Gasteiger partial charge is 0.255 e. The Morgan fingerprint density at radius 3 is 2.36 bits per heavy atom. The van der Waals surface area contributed by atoms with Crippen LogP contribution in [0.5, 0.6) is 0 Å². The van der Waals surface area contributed by atoms with Gasteiger partial charge in [-0.25, -0.2) is 22.2 Å². The van der Waals surface area contributed by atoms with E-state index in [1.54, 1.807) is 18.2 Å². The summed E-state index contributed by atoms with van der Waals surface area (Å²) in [6.07, 6.45) is 1.04. The highest BCUT2D eigenvalue weighted by Crippen LogP contribution is 2.43. The van der Waals surface area contributed by atoms with Crippen LogP contribution in [0.15, 0.2) is 83.3 Å². The third-order valence-corrected chi connectivity index (χ3v) is 9.28. The van der Waals surface area contributed by atoms with Crippen LogP contribution in [0, 0.1) is 11.6 Å². The van der Waals surface area contributed by atoms with Crippen molar-refractivity contribution in [2.75, 3.05) is 24.7 Å². The van der Waals surface area contributed by atoms with Gasteiger partial charge in [-0.2, -0.15) is 0 Å². The number of furan rings is 1. The van der Waals surface area contributed by atoms with Gasteiger partial charge >= 0.3 is 0 Å². The van der Waals surface area contributed by atoms with Gasteiger partial charge in [0.2, 0.25) is 10.0 Å². The van der Waals surface area contributed by atoms with E-state index in [1.807, 2.05) is 24.3 Å². The van der Waals surface area contributed by atoms with E-state index < -0.39 is 27.6 Å². The fourth-order valence-corrected chi connectivity index (χ4v) is 6.27. The fourth-order valence-electron chi connectivity index (χ4n) is 4.80. The Bertz CT molecular complexity index is 2090. The number of rotatable bonds is 6. The van der Waals surface area contributed by atoms with Crippen molar-refractivity contribution in [3.05, 3.63) is 96.1 Å². The van der Waals surface area contributed by atoms with Crippen LogP contribution >= 0.6 is 11.3 Å². The lowest BCUT2D eigenvalue weighted by molar-refractivity contribution is 0.0964. The van der Waals surface area contributed by atoms with E-state index in [1.165, 1.54) is 61.8 Å². The van der Waals surface area contributed by atoms with Crippen molar-refractivity contribution in [3.8, 4) is 33.0 Å². The molecule has 0 saturated heterocycles. The van der Waals surface area contributed by atoms with E-state index in [9.17, 15) is 17.6 Å². The number of anilines is 1. The van der Waals surface area contributed by atoms with Crippen LogP contribution in [0.2, 0.25) is 0 Å². The molecule has 0 aliphatic heterocycles. The van der Waals surface area contributed by atoms with Crippen LogP contribution < -0.4 is 9.62 Å². The van der Waals surface area contributed by atoms with Crippen molar-refractivity contribution in [1.29, 1.82) is 0 Å². The number of amides is 1. The average Bonchev–Trinajstić information content (AvgIpc) is 3.57. The first-order valence-electron chi connectivity index (χ1n) is 12.7. The van der Waals surface area contributed by atoms with E-state index >= 15 is 4.39 Å². The number of aromatic nitrogens is 1. The van der Waals surface area contributed by atoms with Gasteiger partial charge in [0.15, 0.2) is 0 Å². The zero-order valence-electron chi connectivity index (χ0n) is 22.6. The highest BCUT2D eigenvalue weighted by molar-refractivity contribution is 7.92. The van der Waals surface area contributed by atoms with Crippen LogP contribution in [0.1, 0.15) is 10.4 Å². The van der Waals surface area contributed by atoms with Crippen LogP contribution in [0.4, 0.5) is 14.5 Å². The number of nitrogens with zero attached hydrogens (tertiary/aromatic N) is 2. The molecule has 0 radical (unpaired) electrons. The molecule has 0 aliphatic carbocycles. The standard InChI is InChI=1S/C31H23F2N3O4S2/c1-34-30(37)28-22-15-21(20-14-18(10-13-23(20)33)31-35-24-6-4-5-7-27(24)41-31)25(36(2)42(3,38)39)16-26(22)40-29(28)17-8-11-19(32)12-9-17/h4-16H,1-3H3,(H,34,37). The van der Waals surface area contributed by atoms with Gasteiger partial charge in [0, 0.05) is 47.8 Å². The van der Waals surface area contributed by atoms with Gasteiger partial charge in [-0.05, 0) is 60.7 Å². The summed E-state index contributed by atoms with van der Waals surface area (Å²) in [7, 11) is -0.969. The SMILES string of the molecule is CNC(=O)c1c(-c2ccc(F)cc2)oc2cc(N(C)S(C)(=O)=O)c(-c3cc(-c4nc5ccccc5s4)ccc3F)cc12. The fraction of sp³-hybridized carbons (Fsp3) is 0.0968. The molecule has 0 spiro atoms. The number of nitrogens with one attached hydrogen (secondary N) is 1. The normalized spacial score (nSPS) is 11.7. The number of hydrogen-bond donors (Lipinski definition) is 1. The van der Waals surface area contributed by atoms with Crippen LogP contribution in [-0.4, -0.2) is 39.7 Å². The molecule has 2 aromatic heterocycles. The maximum Gasteiger partial charge on any atom is 0.255 e. The monoisotopic (exact) mass is 603 g/mol. The number of para-hydroxylation sites is 1. The molecule has 1 amide bonds. The van der Waals surface area contributed by atoms with Crippen molar-refractivity contribution in [2.24, 2.45) is 0 Å². The lowest BCUT2D eigenvalue weighted by atomic mass is 9.97. The molecule has 1 N–H and O–H groups in total. The Kier molecular flexibility index (Phi) is 6.78. The molecule has 4 aromatic carbocycles. The molecule has 0 unspecified atom stereocenters. The molecule has 42 heavy (non-hydrogen) atoms. The summed E-state index contributed by atoms with van der Waals surface area (Å²) in [5.74, 6) is -1.37. The average molecular weight is 604 g/mol. The number of benzene rings is 4. The Balaban J connectivity index is 1.64. The first kappa shape index (κ1) is 27.6. The van der Waals surface area contributed by atoms with Crippen LogP contribution in [-0.2, 0) is 10.0 Å². The van der Waals surface area contributed by atoms with Gasteiger partial charge in [0.05, 0.1) is 27.7 Å². The summed E-state index contributed by atoms with van der Waals surface area (Å²) in [4.78, 5) is 17.8. The highest BCUT2D eigenvalue weighted by atomic mass is 32.2. The first-order chi connectivity index (χ1) is 20.0. The summed E-state index contributed by atoms with van der Waals surface area (Å²) < 4.78 is 62.8. The molecule has 2 heterocycles. The predicted molar refractivity (Wildman–Crippen MR) is 162 cm³/mol. The number of carbonyl (C=O) groups is 1. The minimum atomic E-state index is -3.79. The molecule has 0 saturated carbocycles. The molecule has 7 nitrogen and oxygen atoms in total. The van der Waals surface area contributed by atoms with Gasteiger partial charge in [-0.15, -0.1) is 11.3 Å². The molecule has 0 atom stereocenters. The lowest BCUT2D eigenvalue weighted by Gasteiger charge is -2.21. The molecule has 6 aromatic rings. The van der Waals surface area contributed by atoms with E-state index in [2.05, 4.69) is 10.3 Å². The number of halogens is 2. The minimum Gasteiger partial charge on any atom is -0.455 e. The van der Waals surface area contributed by atoms with Crippen molar-refractivity contribution in [2.45, 2.75) is 0 Å². The van der Waals surface area contributed by atoms with E-state index in [-0.39, 0.29) is 33.7 Å². The number of thiazole rings is 1. The predicted octanol–water partition coefficient (Wildman–Crippen LogP) is 7.08. The van der Waals surface area contributed by atoms with Crippen molar-refractivity contribution in [3.63, 3.8) is 0 Å². The molecular weight excluding hydrogens is 580 g/mol. The maximum absolute atomic E-state index is 15.6. The highest BCUT2D eigenvalue weighted by Gasteiger charge is 2.27. The second kappa shape index (κ2) is 10.3. The zero-order valence-corrected chi connectivity index (χ0v) is 24.2. The number of sulfonamides is 1. The Hall–Kier alpha value is -4.61. The van der Waals surface area contributed by atoms with Gasteiger partial charge < -0.3 is 9.73 Å². The van der Waals surface area contributed by atoms with Crippen LogP contribution in [0.3, 0.4) is 0 Å². The van der Waals surface area contributed by atoms with Crippen LogP contribution in [0.25, 0.3) is 54.2 Å². The van der Waals surface area contributed by atoms with Gasteiger partial charge in [-0.3, -0.25) is 9.10 Å². The van der Waals surface area contributed by atoms with E-state index in [0.29, 0.717) is 21.5 Å². The quantitative estimate of drug-likeness (QED) is 0.220. The number of carbonyl (C=O) groups excluding carboxylic acids is 1. The third-order valence-electron chi connectivity index (χ3n) is 7.00. The Morgan fingerprint density at radius 2 is 1.67 bits per heavy atom. The van der Waals surface area contributed by atoms with E-state index in [0.717, 1.165) is 20.8 Å². The van der Waals surface area contributed by atoms with Gasteiger partial charge in [0.25, 0.3) is 5.91 Å². The van der Waals surface area contributed by atoms with Crippen molar-refractivity contribution in [1.82, 2.24) is 10.3 Å². The molecule has 0 aliphatic rings. The molecule has 0 bridgehead atoms. The maximum atomic E-state index is 15.6. The summed E-state index contributed by atoms with van der Waals surface area (Å²) in [5, 5.41) is 3.60. The van der Waals surface area contributed by atoms with Crippen molar-refractivity contribution >= 4 is 54.1 Å². The Morgan fingerprint density at radius 1 is 0.952 bits per heavy atom. The molecule has 212 valence electrons. The topological polar surface area (TPSA) is 92.5 Å². The zero-order chi connectivity index (χ0) is 29.8. The first-order valence-corrected chi connectivity index (χ1v) is 15.4. The Labute approximate surface area is 244 Å². The van der Waals surface area contributed by atoms with Crippen molar-refractivity contribution < 1.29 is 26.4 Å². The summed E-state index contributed by atoms with van der Waals surface area (Å²) in [6.45, 7) is 0. The number of fused-ring (bicyclic) bond motifs is 2. The second-order valence-electron chi connectivity index (χ2n) is 9.67. The lowest BCUT2D eigenvalue weighted by Crippen LogP contribution is -2.25. The minimum absolute atomic E-state index is 0.117. The summed E-state index contributed by atoms with van der Waals surface area (Å²) >= 11 is 1.45. The summed E-state index contributed by atoms with van der Waals surface area (Å²) in [5.41, 5.74) is 2.74. The number of hydrogen-bond acceptors (Lipinski definition) is 6. The molecule has 0 fully saturated rings. The van der Waals surface area contributed by atoms with Gasteiger partial charge in [0.1, 0.15) is 28.0 Å². The largest absolute Gasteiger partial charge is 0.455 e. The summed E-state index contributed by atoms with van der Waals surface area (Å²) in [6, 6.07) is 20.7. The van der Waals surface area contributed by atoms with E-state index in [4.69, 9.17) is 4.42 Å².